The van der Waals surface area contributed by atoms with E-state index in [1.165, 1.54) is 29.5 Å². The first kappa shape index (κ1) is 27.8. The number of thiazole rings is 1. The molecule has 194 valence electrons. The first-order valence-corrected chi connectivity index (χ1v) is 12.9. The molecule has 1 aliphatic rings. The molecule has 0 unspecified atom stereocenters. The van der Waals surface area contributed by atoms with E-state index in [1.807, 2.05) is 4.90 Å². The molecule has 1 aromatic heterocycles. The second-order valence-corrected chi connectivity index (χ2v) is 9.61. The highest BCUT2D eigenvalue weighted by Crippen LogP contribution is 2.34. The van der Waals surface area contributed by atoms with Gasteiger partial charge in [0.1, 0.15) is 11.5 Å². The molecule has 1 fully saturated rings. The summed E-state index contributed by atoms with van der Waals surface area (Å²) in [4.78, 5) is 35.6. The Labute approximate surface area is 220 Å². The number of nitrogens with zero attached hydrogens (tertiary/aromatic N) is 5. The zero-order chi connectivity index (χ0) is 24.9. The van der Waals surface area contributed by atoms with E-state index in [2.05, 4.69) is 23.7 Å². The number of aromatic nitrogens is 1. The lowest BCUT2D eigenvalue weighted by Gasteiger charge is -2.28. The molecule has 1 amide bonds. The van der Waals surface area contributed by atoms with E-state index in [4.69, 9.17) is 0 Å². The van der Waals surface area contributed by atoms with Gasteiger partial charge in [0.2, 0.25) is 0 Å². The van der Waals surface area contributed by atoms with Crippen LogP contribution in [-0.4, -0.2) is 60.0 Å². The predicted molar refractivity (Wildman–Crippen MR) is 145 cm³/mol. The Morgan fingerprint density at radius 1 is 1.11 bits per heavy atom. The van der Waals surface area contributed by atoms with Gasteiger partial charge in [-0.05, 0) is 62.7 Å². The van der Waals surface area contributed by atoms with Gasteiger partial charge in [0.25, 0.3) is 11.6 Å². The van der Waals surface area contributed by atoms with Gasteiger partial charge in [-0.3, -0.25) is 19.8 Å². The Hall–Kier alpha value is -2.82. The molecule has 2 heterocycles. The van der Waals surface area contributed by atoms with E-state index < -0.39 is 4.92 Å². The van der Waals surface area contributed by atoms with Crippen LogP contribution >= 0.6 is 23.7 Å². The maximum absolute atomic E-state index is 13.8. The standard InChI is InChI=1S/C25H30FN5O3S.ClH/c1-3-28(4-2)14-15-30(25-27-20-10-9-19(26)17-23(20)35-25)24(32)18-8-11-21(22(16-18)31(33)34)29-12-6-5-7-13-29;/h8-11,16-17H,3-7,12-15H2,1-2H3;1H. The van der Waals surface area contributed by atoms with Crippen LogP contribution in [0.1, 0.15) is 43.5 Å². The molecular weight excluding hydrogens is 505 g/mol. The van der Waals surface area contributed by atoms with Crippen LogP contribution in [0.5, 0.6) is 0 Å². The summed E-state index contributed by atoms with van der Waals surface area (Å²) in [5, 5.41) is 12.4. The van der Waals surface area contributed by atoms with Crippen molar-refractivity contribution in [2.24, 2.45) is 0 Å². The average Bonchev–Trinajstić information content (AvgIpc) is 3.29. The highest BCUT2D eigenvalue weighted by atomic mass is 35.5. The summed E-state index contributed by atoms with van der Waals surface area (Å²) < 4.78 is 14.4. The highest BCUT2D eigenvalue weighted by Gasteiger charge is 2.27. The summed E-state index contributed by atoms with van der Waals surface area (Å²) in [5.74, 6) is -0.720. The molecule has 8 nitrogen and oxygen atoms in total. The third-order valence-corrected chi connectivity index (χ3v) is 7.51. The summed E-state index contributed by atoms with van der Waals surface area (Å²) >= 11 is 1.24. The number of halogens is 2. The summed E-state index contributed by atoms with van der Waals surface area (Å²) in [6.45, 7) is 8.30. The van der Waals surface area contributed by atoms with Gasteiger partial charge in [-0.2, -0.15) is 0 Å². The van der Waals surface area contributed by atoms with Crippen LogP contribution in [0.3, 0.4) is 0 Å². The molecule has 1 aliphatic heterocycles. The van der Waals surface area contributed by atoms with Crippen LogP contribution in [0.4, 0.5) is 20.9 Å². The zero-order valence-corrected chi connectivity index (χ0v) is 22.1. The second-order valence-electron chi connectivity index (χ2n) is 8.60. The second kappa shape index (κ2) is 12.4. The minimum Gasteiger partial charge on any atom is -0.366 e. The number of benzene rings is 2. The summed E-state index contributed by atoms with van der Waals surface area (Å²) in [6.07, 6.45) is 3.11. The van der Waals surface area contributed by atoms with Crippen molar-refractivity contribution < 1.29 is 14.1 Å². The quantitative estimate of drug-likeness (QED) is 0.256. The number of carbonyl (C=O) groups excluding carboxylic acids is 1. The first-order valence-electron chi connectivity index (χ1n) is 12.0. The SMILES string of the molecule is CCN(CC)CCN(C(=O)c1ccc(N2CCCCC2)c([N+](=O)[O-])c1)c1nc2ccc(F)cc2s1.Cl. The number of amides is 1. The van der Waals surface area contributed by atoms with Crippen molar-refractivity contribution in [3.05, 3.63) is 57.9 Å². The molecule has 0 spiro atoms. The van der Waals surface area contributed by atoms with Gasteiger partial charge in [0, 0.05) is 37.8 Å². The molecule has 0 bridgehead atoms. The van der Waals surface area contributed by atoms with E-state index in [0.717, 1.165) is 45.4 Å². The molecule has 36 heavy (non-hydrogen) atoms. The van der Waals surface area contributed by atoms with Gasteiger partial charge < -0.3 is 9.80 Å². The molecule has 1 saturated heterocycles. The maximum Gasteiger partial charge on any atom is 0.293 e. The normalized spacial score (nSPS) is 13.6. The van der Waals surface area contributed by atoms with E-state index in [1.54, 1.807) is 23.1 Å². The van der Waals surface area contributed by atoms with Crippen molar-refractivity contribution in [3.63, 3.8) is 0 Å². The molecule has 11 heteroatoms. The number of hydrogen-bond acceptors (Lipinski definition) is 7. The number of fused-ring (bicyclic) bond motifs is 1. The summed E-state index contributed by atoms with van der Waals surface area (Å²) in [6, 6.07) is 9.07. The highest BCUT2D eigenvalue weighted by molar-refractivity contribution is 7.22. The van der Waals surface area contributed by atoms with Crippen LogP contribution in [0.15, 0.2) is 36.4 Å². The Morgan fingerprint density at radius 3 is 2.50 bits per heavy atom. The van der Waals surface area contributed by atoms with Crippen molar-refractivity contribution in [1.82, 2.24) is 9.88 Å². The van der Waals surface area contributed by atoms with E-state index in [0.29, 0.717) is 34.1 Å². The van der Waals surface area contributed by atoms with Gasteiger partial charge in [0.05, 0.1) is 15.1 Å². The molecule has 2 aromatic carbocycles. The number of carbonyl (C=O) groups is 1. The van der Waals surface area contributed by atoms with E-state index in [-0.39, 0.29) is 35.4 Å². The lowest BCUT2D eigenvalue weighted by atomic mass is 10.1. The Bertz CT molecular complexity index is 1210. The molecule has 0 atom stereocenters. The third-order valence-electron chi connectivity index (χ3n) is 6.47. The Morgan fingerprint density at radius 2 is 1.83 bits per heavy atom. The summed E-state index contributed by atoms with van der Waals surface area (Å²) in [5.41, 5.74) is 1.34. The average molecular weight is 536 g/mol. The summed E-state index contributed by atoms with van der Waals surface area (Å²) in [7, 11) is 0. The van der Waals surface area contributed by atoms with E-state index in [9.17, 15) is 19.3 Å². The van der Waals surface area contributed by atoms with Crippen LogP contribution in [0, 0.1) is 15.9 Å². The fourth-order valence-corrected chi connectivity index (χ4v) is 5.44. The molecule has 0 radical (unpaired) electrons. The Kier molecular flexibility index (Phi) is 9.58. The largest absolute Gasteiger partial charge is 0.366 e. The number of nitro groups is 1. The molecular formula is C25H31ClFN5O3S. The monoisotopic (exact) mass is 535 g/mol. The minimum absolute atomic E-state index is 0. The molecule has 0 N–H and O–H groups in total. The van der Waals surface area contributed by atoms with Gasteiger partial charge in [-0.15, -0.1) is 12.4 Å². The van der Waals surface area contributed by atoms with Crippen molar-refractivity contribution in [2.45, 2.75) is 33.1 Å². The smallest absolute Gasteiger partial charge is 0.293 e. The van der Waals surface area contributed by atoms with Crippen LogP contribution in [0.2, 0.25) is 0 Å². The minimum atomic E-state index is -0.415. The number of nitro benzene ring substituents is 1. The third kappa shape index (κ3) is 6.11. The van der Waals surface area contributed by atoms with Gasteiger partial charge in [0.15, 0.2) is 5.13 Å². The predicted octanol–water partition coefficient (Wildman–Crippen LogP) is 5.74. The Balaban J connectivity index is 0.00000361. The van der Waals surface area contributed by atoms with Crippen molar-refractivity contribution >= 4 is 56.4 Å². The van der Waals surface area contributed by atoms with Crippen LogP contribution in [-0.2, 0) is 0 Å². The number of hydrogen-bond donors (Lipinski definition) is 0. The van der Waals surface area contributed by atoms with Gasteiger partial charge in [-0.25, -0.2) is 9.37 Å². The molecule has 0 aliphatic carbocycles. The molecule has 0 saturated carbocycles. The van der Waals surface area contributed by atoms with Crippen LogP contribution < -0.4 is 9.80 Å². The fourth-order valence-electron chi connectivity index (χ4n) is 4.43. The number of piperidine rings is 1. The van der Waals surface area contributed by atoms with Crippen molar-refractivity contribution in [2.75, 3.05) is 49.1 Å². The number of anilines is 2. The zero-order valence-electron chi connectivity index (χ0n) is 20.5. The van der Waals surface area contributed by atoms with Crippen molar-refractivity contribution in [3.8, 4) is 0 Å². The van der Waals surface area contributed by atoms with Gasteiger partial charge >= 0.3 is 0 Å². The van der Waals surface area contributed by atoms with Crippen molar-refractivity contribution in [1.29, 1.82) is 0 Å². The van der Waals surface area contributed by atoms with E-state index >= 15 is 0 Å². The number of rotatable bonds is 9. The number of likely N-dealkylation sites (N-methyl/N-ethyl adjacent to an activating group) is 1. The molecule has 4 rings (SSSR count). The molecule has 3 aromatic rings. The fraction of sp³-hybridized carbons (Fsp3) is 0.440. The maximum atomic E-state index is 13.8. The topological polar surface area (TPSA) is 82.8 Å². The van der Waals surface area contributed by atoms with Crippen LogP contribution in [0.25, 0.3) is 10.2 Å². The lowest BCUT2D eigenvalue weighted by molar-refractivity contribution is -0.384. The lowest BCUT2D eigenvalue weighted by Crippen LogP contribution is -2.39. The van der Waals surface area contributed by atoms with Gasteiger partial charge in [-0.1, -0.05) is 25.2 Å². The first-order chi connectivity index (χ1) is 16.9.